The Kier molecular flexibility index (Phi) is 5.21. The molecule has 0 aliphatic rings. The molecular weight excluding hydrogens is 336 g/mol. The second kappa shape index (κ2) is 7.12. The Labute approximate surface area is 131 Å². The van der Waals surface area contributed by atoms with Gasteiger partial charge in [0.2, 0.25) is 0 Å². The smallest absolute Gasteiger partial charge is 0.396 e. The molecule has 0 unspecified atom stereocenters. The van der Waals surface area contributed by atoms with Crippen molar-refractivity contribution in [2.75, 3.05) is 7.11 Å². The summed E-state index contributed by atoms with van der Waals surface area (Å²) in [4.78, 5) is 16.9. The van der Waals surface area contributed by atoms with E-state index in [4.69, 9.17) is 15.3 Å². The van der Waals surface area contributed by atoms with Crippen LogP contribution in [0.1, 0.15) is 15.9 Å². The maximum Gasteiger partial charge on any atom is 0.396 e. The summed E-state index contributed by atoms with van der Waals surface area (Å²) in [7, 11) is 1.59. The van der Waals surface area contributed by atoms with Crippen LogP contribution < -0.4 is 16.0 Å². The summed E-state index contributed by atoms with van der Waals surface area (Å²) >= 11 is 3.30. The largest absolute Gasteiger partial charge is 0.499 e. The molecule has 110 valence electrons. The number of ether oxygens (including phenoxy) is 1. The van der Waals surface area contributed by atoms with Gasteiger partial charge in [0.15, 0.2) is 0 Å². The number of quaternary nitrogens is 1. The normalized spacial score (nSPS) is 10.0. The van der Waals surface area contributed by atoms with Gasteiger partial charge in [-0.3, -0.25) is 4.84 Å². The van der Waals surface area contributed by atoms with E-state index in [0.29, 0.717) is 11.7 Å². The first-order valence-corrected chi connectivity index (χ1v) is 6.96. The molecule has 0 amide bonds. The highest BCUT2D eigenvalue weighted by Gasteiger charge is 2.11. The summed E-state index contributed by atoms with van der Waals surface area (Å²) in [5.41, 5.74) is 8.32. The molecule has 0 aliphatic carbocycles. The van der Waals surface area contributed by atoms with Crippen LogP contribution in [0.2, 0.25) is 0 Å². The van der Waals surface area contributed by atoms with Crippen LogP contribution in [0.5, 0.6) is 5.75 Å². The molecule has 0 heterocycles. The number of benzene rings is 2. The predicted octanol–water partition coefficient (Wildman–Crippen LogP) is 1.59. The molecule has 0 saturated heterocycles. The lowest BCUT2D eigenvalue weighted by Crippen LogP contribution is -2.88. The fourth-order valence-corrected chi connectivity index (χ4v) is 1.89. The van der Waals surface area contributed by atoms with Gasteiger partial charge in [-0.05, 0) is 24.3 Å². The lowest BCUT2D eigenvalue weighted by Gasteiger charge is -2.16. The van der Waals surface area contributed by atoms with E-state index in [1.54, 1.807) is 55.6 Å². The van der Waals surface area contributed by atoms with E-state index in [9.17, 15) is 4.79 Å². The maximum atomic E-state index is 11.8. The second-order valence-electron chi connectivity index (χ2n) is 4.21. The zero-order valence-corrected chi connectivity index (χ0v) is 13.0. The van der Waals surface area contributed by atoms with Gasteiger partial charge in [-0.1, -0.05) is 28.1 Å². The molecule has 0 saturated carbocycles. The highest BCUT2D eigenvalue weighted by molar-refractivity contribution is 9.10. The Hall–Kier alpha value is -2.02. The Morgan fingerprint density at radius 2 is 1.76 bits per heavy atom. The number of hydrogen-bond acceptors (Lipinski definition) is 4. The summed E-state index contributed by atoms with van der Waals surface area (Å²) in [6.07, 6.45) is 0.364. The zero-order chi connectivity index (χ0) is 15.2. The zero-order valence-electron chi connectivity index (χ0n) is 11.4. The summed E-state index contributed by atoms with van der Waals surface area (Å²) in [5.74, 6) is 0.275. The third-order valence-electron chi connectivity index (χ3n) is 2.80. The number of rotatable bonds is 5. The molecule has 2 aromatic rings. The predicted molar refractivity (Wildman–Crippen MR) is 81.0 cm³/mol. The van der Waals surface area contributed by atoms with Crippen molar-refractivity contribution in [3.05, 3.63) is 70.3 Å². The number of methoxy groups -OCH3 is 1. The molecular formula is C15H15BrN2O3. The number of carbonyl (C=O) groups is 1. The molecule has 4 N–H and O–H groups in total. The van der Waals surface area contributed by atoms with E-state index in [1.807, 2.05) is 0 Å². The van der Waals surface area contributed by atoms with Crippen molar-refractivity contribution >= 4 is 21.9 Å². The summed E-state index contributed by atoms with van der Waals surface area (Å²) in [5, 5.41) is 0. The molecule has 0 aromatic heterocycles. The molecule has 6 heteroatoms. The number of nitrogens with two attached hydrogens (primary N) is 2. The average molecular weight is 351 g/mol. The number of hydrogen-bond donors (Lipinski definition) is 2. The van der Waals surface area contributed by atoms with Crippen molar-refractivity contribution in [3.8, 4) is 5.75 Å². The molecule has 0 aliphatic heterocycles. The minimum absolute atomic E-state index is 0.364. The van der Waals surface area contributed by atoms with E-state index in [-0.39, 0.29) is 0 Å². The van der Waals surface area contributed by atoms with Gasteiger partial charge in [0.05, 0.1) is 18.4 Å². The van der Waals surface area contributed by atoms with Crippen molar-refractivity contribution in [2.45, 2.75) is 0 Å². The van der Waals surface area contributed by atoms with Gasteiger partial charge in [-0.25, -0.2) is 4.79 Å². The lowest BCUT2D eigenvalue weighted by atomic mass is 10.2. The molecule has 2 rings (SSSR count). The van der Waals surface area contributed by atoms with Crippen LogP contribution in [0.25, 0.3) is 0 Å². The van der Waals surface area contributed by atoms with Crippen LogP contribution in [-0.4, -0.2) is 13.1 Å². The molecule has 5 nitrogen and oxygen atoms in total. The molecule has 0 bridgehead atoms. The SMILES string of the molecule is COc1ccc([C-](N)[NH2+]OC(=O)c2ccc(Br)cc2)cc1. The van der Waals surface area contributed by atoms with Crippen molar-refractivity contribution in [3.63, 3.8) is 0 Å². The first-order valence-electron chi connectivity index (χ1n) is 6.17. The van der Waals surface area contributed by atoms with Crippen molar-refractivity contribution in [1.29, 1.82) is 0 Å². The number of hydroxylamine groups is 1. The standard InChI is InChI=1S/C15H15BrN2O3/c1-20-13-8-4-10(5-9-13)14(17)18-21-15(19)11-2-6-12(16)7-3-11/h2-9H,17-18H2,1H3. The molecule has 0 fully saturated rings. The Morgan fingerprint density at radius 3 is 2.33 bits per heavy atom. The summed E-state index contributed by atoms with van der Waals surface area (Å²) < 4.78 is 5.96. The summed E-state index contributed by atoms with van der Waals surface area (Å²) in [6, 6.07) is 14.0. The van der Waals surface area contributed by atoms with Crippen LogP contribution in [0.3, 0.4) is 0 Å². The van der Waals surface area contributed by atoms with Crippen LogP contribution in [0.4, 0.5) is 0 Å². The van der Waals surface area contributed by atoms with E-state index in [0.717, 1.165) is 15.8 Å². The monoisotopic (exact) mass is 350 g/mol. The first-order chi connectivity index (χ1) is 10.1. The third kappa shape index (κ3) is 4.22. The van der Waals surface area contributed by atoms with Gasteiger partial charge in [-0.15, -0.1) is 5.56 Å². The van der Waals surface area contributed by atoms with Gasteiger partial charge < -0.3 is 10.5 Å². The average Bonchev–Trinajstić information content (AvgIpc) is 2.53. The van der Waals surface area contributed by atoms with Crippen LogP contribution in [-0.2, 0) is 4.84 Å². The minimum Gasteiger partial charge on any atom is -0.499 e. The van der Waals surface area contributed by atoms with Crippen molar-refractivity contribution in [2.24, 2.45) is 5.73 Å². The molecule has 0 atom stereocenters. The second-order valence-corrected chi connectivity index (χ2v) is 5.13. The molecule has 0 spiro atoms. The fraction of sp³-hybridized carbons (Fsp3) is 0.0667. The van der Waals surface area contributed by atoms with Gasteiger partial charge in [0, 0.05) is 4.47 Å². The fourth-order valence-electron chi connectivity index (χ4n) is 1.62. The van der Waals surface area contributed by atoms with E-state index < -0.39 is 5.97 Å². The molecule has 0 radical (unpaired) electrons. The van der Waals surface area contributed by atoms with E-state index >= 15 is 0 Å². The highest BCUT2D eigenvalue weighted by atomic mass is 79.9. The summed E-state index contributed by atoms with van der Waals surface area (Å²) in [6.45, 7) is 0. The van der Waals surface area contributed by atoms with Gasteiger partial charge in [-0.2, -0.15) is 17.6 Å². The minimum atomic E-state index is -0.459. The highest BCUT2D eigenvalue weighted by Crippen LogP contribution is 2.13. The number of halogens is 1. The molecule has 2 aromatic carbocycles. The van der Waals surface area contributed by atoms with Crippen LogP contribution in [0, 0.1) is 6.17 Å². The van der Waals surface area contributed by atoms with Crippen LogP contribution in [0.15, 0.2) is 53.0 Å². The Bertz CT molecular complexity index is 599. The Balaban J connectivity index is 1.92. The third-order valence-corrected chi connectivity index (χ3v) is 3.32. The van der Waals surface area contributed by atoms with Gasteiger partial charge >= 0.3 is 5.97 Å². The topological polar surface area (TPSA) is 78.2 Å². The van der Waals surface area contributed by atoms with Crippen molar-refractivity contribution < 1.29 is 19.8 Å². The van der Waals surface area contributed by atoms with E-state index in [2.05, 4.69) is 15.9 Å². The van der Waals surface area contributed by atoms with Gasteiger partial charge in [0.25, 0.3) is 0 Å². The lowest BCUT2D eigenvalue weighted by molar-refractivity contribution is -0.855. The maximum absolute atomic E-state index is 11.8. The first kappa shape index (κ1) is 15.4. The van der Waals surface area contributed by atoms with Crippen molar-refractivity contribution in [1.82, 2.24) is 0 Å². The molecule has 21 heavy (non-hydrogen) atoms. The van der Waals surface area contributed by atoms with Gasteiger partial charge in [0.1, 0.15) is 6.17 Å². The van der Waals surface area contributed by atoms with Crippen LogP contribution >= 0.6 is 15.9 Å². The number of carbonyl (C=O) groups excluding carboxylic acids is 1. The quantitative estimate of drug-likeness (QED) is 0.634. The Morgan fingerprint density at radius 1 is 1.14 bits per heavy atom. The van der Waals surface area contributed by atoms with E-state index in [1.165, 1.54) is 5.48 Å².